The summed E-state index contributed by atoms with van der Waals surface area (Å²) in [6, 6.07) is 15.4. The molecule has 0 bridgehead atoms. The second-order valence-electron chi connectivity index (χ2n) is 3.58. The van der Waals surface area contributed by atoms with E-state index in [1.807, 2.05) is 30.5 Å². The molecule has 0 fully saturated rings. The number of rotatable bonds is 3. The van der Waals surface area contributed by atoms with Crippen molar-refractivity contribution >= 4 is 0 Å². The third kappa shape index (κ3) is 2.44. The average molecular weight is 196 g/mol. The summed E-state index contributed by atoms with van der Waals surface area (Å²) in [4.78, 5) is 4.36. The molecule has 2 rings (SSSR count). The van der Waals surface area contributed by atoms with Crippen molar-refractivity contribution in [1.29, 1.82) is 0 Å². The molecule has 2 aromatic rings. The molecule has 0 unspecified atom stereocenters. The van der Waals surface area contributed by atoms with Gasteiger partial charge in [-0.15, -0.1) is 0 Å². The van der Waals surface area contributed by atoms with E-state index in [9.17, 15) is 0 Å². The molecule has 1 heterocycles. The highest BCUT2D eigenvalue weighted by atomic mass is 14.7. The van der Waals surface area contributed by atoms with Crippen LogP contribution in [0.1, 0.15) is 18.9 Å². The third-order valence-electron chi connectivity index (χ3n) is 2.35. The highest BCUT2D eigenvalue weighted by Crippen LogP contribution is 2.17. The summed E-state index contributed by atoms with van der Waals surface area (Å²) >= 11 is 0. The molecule has 0 N–H and O–H groups in total. The number of aryl methyl sites for hydroxylation is 1. The van der Waals surface area contributed by atoms with Crippen LogP contribution in [0, 0.1) is 6.07 Å². The van der Waals surface area contributed by atoms with E-state index in [0.29, 0.717) is 0 Å². The van der Waals surface area contributed by atoms with E-state index in [-0.39, 0.29) is 0 Å². The van der Waals surface area contributed by atoms with Gasteiger partial charge in [-0.25, -0.2) is 0 Å². The van der Waals surface area contributed by atoms with Gasteiger partial charge in [0.25, 0.3) is 0 Å². The SMILES string of the molecule is CCCc1ccnc(-c2[c]cccc2)c1. The molecule has 1 nitrogen and oxygen atoms in total. The Kier molecular flexibility index (Phi) is 3.13. The molecule has 1 heteroatoms. The summed E-state index contributed by atoms with van der Waals surface area (Å²) < 4.78 is 0. The van der Waals surface area contributed by atoms with Gasteiger partial charge in [-0.2, -0.15) is 0 Å². The first-order chi connectivity index (χ1) is 7.40. The Labute approximate surface area is 90.8 Å². The first kappa shape index (κ1) is 9.91. The molecule has 1 aromatic carbocycles. The van der Waals surface area contributed by atoms with Crippen LogP contribution in [0.25, 0.3) is 11.3 Å². The predicted octanol–water partition coefficient (Wildman–Crippen LogP) is 3.50. The molecule has 0 spiro atoms. The Hall–Kier alpha value is -1.63. The van der Waals surface area contributed by atoms with Gasteiger partial charge in [0.1, 0.15) is 0 Å². The second kappa shape index (κ2) is 4.74. The van der Waals surface area contributed by atoms with Crippen LogP contribution in [0.2, 0.25) is 0 Å². The van der Waals surface area contributed by atoms with Crippen molar-refractivity contribution in [3.8, 4) is 11.3 Å². The van der Waals surface area contributed by atoms with Crippen LogP contribution in [0.4, 0.5) is 0 Å². The maximum atomic E-state index is 4.36. The minimum Gasteiger partial charge on any atom is -0.256 e. The van der Waals surface area contributed by atoms with Crippen molar-refractivity contribution in [3.63, 3.8) is 0 Å². The smallest absolute Gasteiger partial charge is 0.0710 e. The Morgan fingerprint density at radius 1 is 1.27 bits per heavy atom. The van der Waals surface area contributed by atoms with Crippen molar-refractivity contribution in [1.82, 2.24) is 4.98 Å². The van der Waals surface area contributed by atoms with Crippen LogP contribution in [-0.2, 0) is 6.42 Å². The lowest BCUT2D eigenvalue weighted by molar-refractivity contribution is 0.919. The Balaban J connectivity index is 2.33. The van der Waals surface area contributed by atoms with Gasteiger partial charge >= 0.3 is 0 Å². The van der Waals surface area contributed by atoms with Crippen LogP contribution >= 0.6 is 0 Å². The minimum absolute atomic E-state index is 1.02. The molecular formula is C14H14N. The number of hydrogen-bond acceptors (Lipinski definition) is 1. The van der Waals surface area contributed by atoms with Crippen molar-refractivity contribution < 1.29 is 0 Å². The summed E-state index contributed by atoms with van der Waals surface area (Å²) in [5, 5.41) is 0. The number of aromatic nitrogens is 1. The fourth-order valence-corrected chi connectivity index (χ4v) is 1.62. The fourth-order valence-electron chi connectivity index (χ4n) is 1.62. The molecular weight excluding hydrogens is 182 g/mol. The first-order valence-corrected chi connectivity index (χ1v) is 5.32. The monoisotopic (exact) mass is 196 g/mol. The third-order valence-corrected chi connectivity index (χ3v) is 2.35. The van der Waals surface area contributed by atoms with Crippen LogP contribution < -0.4 is 0 Å². The molecule has 75 valence electrons. The van der Waals surface area contributed by atoms with Crippen LogP contribution in [-0.4, -0.2) is 4.98 Å². The number of benzene rings is 1. The van der Waals surface area contributed by atoms with Crippen LogP contribution in [0.3, 0.4) is 0 Å². The topological polar surface area (TPSA) is 12.9 Å². The number of hydrogen-bond donors (Lipinski definition) is 0. The molecule has 0 atom stereocenters. The van der Waals surface area contributed by atoms with Gasteiger partial charge in [-0.05, 0) is 30.2 Å². The molecule has 0 amide bonds. The van der Waals surface area contributed by atoms with E-state index in [1.165, 1.54) is 12.0 Å². The summed E-state index contributed by atoms with van der Waals surface area (Å²) in [6.07, 6.45) is 4.16. The molecule has 0 aliphatic heterocycles. The van der Waals surface area contributed by atoms with Gasteiger partial charge in [0.05, 0.1) is 5.69 Å². The molecule has 0 saturated heterocycles. The van der Waals surface area contributed by atoms with Gasteiger partial charge in [0.15, 0.2) is 0 Å². The summed E-state index contributed by atoms with van der Waals surface area (Å²) in [6.45, 7) is 2.19. The lowest BCUT2D eigenvalue weighted by Crippen LogP contribution is -1.88. The van der Waals surface area contributed by atoms with Gasteiger partial charge in [0.2, 0.25) is 0 Å². The van der Waals surface area contributed by atoms with Crippen molar-refractivity contribution in [2.75, 3.05) is 0 Å². The first-order valence-electron chi connectivity index (χ1n) is 5.32. The minimum atomic E-state index is 1.02. The second-order valence-corrected chi connectivity index (χ2v) is 3.58. The Morgan fingerprint density at radius 2 is 2.20 bits per heavy atom. The summed E-state index contributed by atoms with van der Waals surface area (Å²) in [7, 11) is 0. The Bertz CT molecular complexity index is 420. The van der Waals surface area contributed by atoms with Crippen LogP contribution in [0.5, 0.6) is 0 Å². The number of pyridine rings is 1. The van der Waals surface area contributed by atoms with Crippen LogP contribution in [0.15, 0.2) is 42.6 Å². The zero-order valence-electron chi connectivity index (χ0n) is 8.90. The van der Waals surface area contributed by atoms with Crippen molar-refractivity contribution in [3.05, 3.63) is 54.2 Å². The fraction of sp³-hybridized carbons (Fsp3) is 0.214. The highest BCUT2D eigenvalue weighted by molar-refractivity contribution is 5.58. The predicted molar refractivity (Wildman–Crippen MR) is 62.5 cm³/mol. The van der Waals surface area contributed by atoms with Gasteiger partial charge in [-0.1, -0.05) is 37.6 Å². The molecule has 1 radical (unpaired) electrons. The van der Waals surface area contributed by atoms with E-state index in [1.54, 1.807) is 0 Å². The summed E-state index contributed by atoms with van der Waals surface area (Å²) in [5.74, 6) is 0. The molecule has 0 aliphatic carbocycles. The number of nitrogens with zero attached hydrogens (tertiary/aromatic N) is 1. The van der Waals surface area contributed by atoms with E-state index < -0.39 is 0 Å². The standard InChI is InChI=1S/C14H14N/c1-2-6-12-9-10-15-14(11-12)13-7-4-3-5-8-13/h3-5,7,9-11H,2,6H2,1H3. The zero-order valence-corrected chi connectivity index (χ0v) is 8.90. The van der Waals surface area contributed by atoms with Gasteiger partial charge in [0, 0.05) is 11.8 Å². The Morgan fingerprint density at radius 3 is 2.93 bits per heavy atom. The van der Waals surface area contributed by atoms with E-state index >= 15 is 0 Å². The van der Waals surface area contributed by atoms with E-state index in [0.717, 1.165) is 17.7 Å². The zero-order chi connectivity index (χ0) is 10.5. The van der Waals surface area contributed by atoms with E-state index in [2.05, 4.69) is 30.1 Å². The molecule has 15 heavy (non-hydrogen) atoms. The van der Waals surface area contributed by atoms with Gasteiger partial charge < -0.3 is 0 Å². The maximum absolute atomic E-state index is 4.36. The normalized spacial score (nSPS) is 10.2. The largest absolute Gasteiger partial charge is 0.256 e. The highest BCUT2D eigenvalue weighted by Gasteiger charge is 1.99. The van der Waals surface area contributed by atoms with Crippen molar-refractivity contribution in [2.45, 2.75) is 19.8 Å². The summed E-state index contributed by atoms with van der Waals surface area (Å²) in [5.41, 5.74) is 3.43. The molecule has 0 aliphatic rings. The quantitative estimate of drug-likeness (QED) is 0.732. The van der Waals surface area contributed by atoms with Gasteiger partial charge in [-0.3, -0.25) is 4.98 Å². The van der Waals surface area contributed by atoms with Crippen molar-refractivity contribution in [2.24, 2.45) is 0 Å². The maximum Gasteiger partial charge on any atom is 0.0710 e. The average Bonchev–Trinajstić information content (AvgIpc) is 2.31. The molecule has 1 aromatic heterocycles. The molecule has 0 saturated carbocycles. The lowest BCUT2D eigenvalue weighted by atomic mass is 10.1. The van der Waals surface area contributed by atoms with E-state index in [4.69, 9.17) is 0 Å². The lowest BCUT2D eigenvalue weighted by Gasteiger charge is -2.02.